The van der Waals surface area contributed by atoms with Gasteiger partial charge in [-0.1, -0.05) is 29.8 Å². The molecule has 1 N–H and O–H groups in total. The number of benzene rings is 2. The maximum Gasteiger partial charge on any atom is 0.264 e. The molecule has 1 amide bonds. The van der Waals surface area contributed by atoms with Gasteiger partial charge in [0.2, 0.25) is 5.91 Å². The smallest absolute Gasteiger partial charge is 0.264 e. The van der Waals surface area contributed by atoms with Gasteiger partial charge < -0.3 is 10.1 Å². The van der Waals surface area contributed by atoms with E-state index < -0.39 is 10.0 Å². The minimum atomic E-state index is -3.93. The maximum absolute atomic E-state index is 13.3. The van der Waals surface area contributed by atoms with Gasteiger partial charge in [0, 0.05) is 6.04 Å². The van der Waals surface area contributed by atoms with Gasteiger partial charge in [-0.15, -0.1) is 0 Å². The van der Waals surface area contributed by atoms with Crippen molar-refractivity contribution in [3.63, 3.8) is 0 Å². The summed E-state index contributed by atoms with van der Waals surface area (Å²) in [5, 5.41) is 2.85. The van der Waals surface area contributed by atoms with Crippen molar-refractivity contribution in [2.24, 2.45) is 0 Å². The summed E-state index contributed by atoms with van der Waals surface area (Å²) in [5.74, 6) is 0.106. The van der Waals surface area contributed by atoms with Crippen molar-refractivity contribution in [3.05, 3.63) is 54.1 Å². The number of carbonyl (C=O) groups is 1. The van der Waals surface area contributed by atoms with Crippen LogP contribution in [-0.4, -0.2) is 33.5 Å². The second-order valence-electron chi connectivity index (χ2n) is 6.57. The number of amides is 1. The average molecular weight is 388 g/mol. The number of nitrogens with one attached hydrogen (secondary N) is 1. The highest BCUT2D eigenvalue weighted by Crippen LogP contribution is 2.32. The Labute approximate surface area is 160 Å². The van der Waals surface area contributed by atoms with Gasteiger partial charge in [-0.25, -0.2) is 8.42 Å². The van der Waals surface area contributed by atoms with Gasteiger partial charge in [0.25, 0.3) is 10.0 Å². The van der Waals surface area contributed by atoms with Gasteiger partial charge >= 0.3 is 0 Å². The Morgan fingerprint density at radius 1 is 1.15 bits per heavy atom. The molecule has 1 aliphatic rings. The van der Waals surface area contributed by atoms with Crippen LogP contribution in [0.1, 0.15) is 25.3 Å². The topological polar surface area (TPSA) is 75.7 Å². The number of aryl methyl sites for hydroxylation is 1. The Morgan fingerprint density at radius 2 is 1.81 bits per heavy atom. The number of rotatable bonds is 8. The molecule has 0 radical (unpaired) electrons. The van der Waals surface area contributed by atoms with E-state index in [1.54, 1.807) is 48.5 Å². The highest BCUT2D eigenvalue weighted by molar-refractivity contribution is 7.92. The van der Waals surface area contributed by atoms with Gasteiger partial charge in [-0.05, 0) is 51.0 Å². The SMILES string of the molecule is CCOc1ccccc1N(CC(=O)NC1CC1)S(=O)(=O)c1ccc(C)cc1. The van der Waals surface area contributed by atoms with E-state index in [9.17, 15) is 13.2 Å². The largest absolute Gasteiger partial charge is 0.492 e. The monoisotopic (exact) mass is 388 g/mol. The number of hydrogen-bond donors (Lipinski definition) is 1. The Morgan fingerprint density at radius 3 is 2.44 bits per heavy atom. The molecule has 1 fully saturated rings. The molecular weight excluding hydrogens is 364 g/mol. The zero-order valence-corrected chi connectivity index (χ0v) is 16.3. The van der Waals surface area contributed by atoms with Crippen LogP contribution >= 0.6 is 0 Å². The summed E-state index contributed by atoms with van der Waals surface area (Å²) in [6.07, 6.45) is 1.87. The molecule has 0 bridgehead atoms. The zero-order chi connectivity index (χ0) is 19.4. The fraction of sp³-hybridized carbons (Fsp3) is 0.350. The first-order valence-electron chi connectivity index (χ1n) is 9.02. The van der Waals surface area contributed by atoms with Gasteiger partial charge in [0.15, 0.2) is 0 Å². The third kappa shape index (κ3) is 4.60. The summed E-state index contributed by atoms with van der Waals surface area (Å²) in [6, 6.07) is 13.6. The third-order valence-corrected chi connectivity index (χ3v) is 6.05. The number of sulfonamides is 1. The molecule has 0 unspecified atom stereocenters. The van der Waals surface area contributed by atoms with E-state index in [1.165, 1.54) is 0 Å². The number of carbonyl (C=O) groups excluding carboxylic acids is 1. The van der Waals surface area contributed by atoms with Crippen molar-refractivity contribution in [1.29, 1.82) is 0 Å². The lowest BCUT2D eigenvalue weighted by molar-refractivity contribution is -0.119. The van der Waals surface area contributed by atoms with Gasteiger partial charge in [-0.3, -0.25) is 9.10 Å². The van der Waals surface area contributed by atoms with E-state index in [2.05, 4.69) is 5.32 Å². The summed E-state index contributed by atoms with van der Waals surface area (Å²) in [5.41, 5.74) is 1.31. The molecule has 0 aliphatic heterocycles. The summed E-state index contributed by atoms with van der Waals surface area (Å²) in [4.78, 5) is 12.6. The predicted molar refractivity (Wildman–Crippen MR) is 104 cm³/mol. The summed E-state index contributed by atoms with van der Waals surface area (Å²) in [6.45, 7) is 3.82. The fourth-order valence-corrected chi connectivity index (χ4v) is 4.14. The highest BCUT2D eigenvalue weighted by atomic mass is 32.2. The van der Waals surface area contributed by atoms with Gasteiger partial charge in [-0.2, -0.15) is 0 Å². The lowest BCUT2D eigenvalue weighted by atomic mass is 10.2. The van der Waals surface area contributed by atoms with E-state index >= 15 is 0 Å². The van der Waals surface area contributed by atoms with Crippen LogP contribution in [0.15, 0.2) is 53.4 Å². The summed E-state index contributed by atoms with van der Waals surface area (Å²) >= 11 is 0. The lowest BCUT2D eigenvalue weighted by Crippen LogP contribution is -2.41. The Bertz CT molecular complexity index is 906. The molecule has 0 spiro atoms. The van der Waals surface area contributed by atoms with Gasteiger partial charge in [0.1, 0.15) is 12.3 Å². The molecule has 144 valence electrons. The van der Waals surface area contributed by atoms with Crippen molar-refractivity contribution >= 4 is 21.6 Å². The van der Waals surface area contributed by atoms with E-state index in [1.807, 2.05) is 13.8 Å². The second kappa shape index (κ2) is 8.00. The number of ether oxygens (including phenoxy) is 1. The zero-order valence-electron chi connectivity index (χ0n) is 15.5. The first kappa shape index (κ1) is 19.2. The van der Waals surface area contributed by atoms with Crippen LogP contribution in [-0.2, 0) is 14.8 Å². The first-order chi connectivity index (χ1) is 12.9. The third-order valence-electron chi connectivity index (χ3n) is 4.27. The van der Waals surface area contributed by atoms with E-state index in [0.717, 1.165) is 22.7 Å². The quantitative estimate of drug-likeness (QED) is 0.754. The van der Waals surface area contributed by atoms with Gasteiger partial charge in [0.05, 0.1) is 17.2 Å². The molecule has 0 heterocycles. The van der Waals surface area contributed by atoms with Crippen LogP contribution in [0.4, 0.5) is 5.69 Å². The van der Waals surface area contributed by atoms with Crippen molar-refractivity contribution in [2.75, 3.05) is 17.5 Å². The van der Waals surface area contributed by atoms with Crippen LogP contribution in [0.25, 0.3) is 0 Å². The van der Waals surface area contributed by atoms with Crippen LogP contribution in [0.5, 0.6) is 5.75 Å². The molecule has 7 heteroatoms. The van der Waals surface area contributed by atoms with Crippen LogP contribution < -0.4 is 14.4 Å². The molecule has 27 heavy (non-hydrogen) atoms. The number of anilines is 1. The Kier molecular flexibility index (Phi) is 5.70. The van der Waals surface area contributed by atoms with E-state index in [4.69, 9.17) is 4.74 Å². The second-order valence-corrected chi connectivity index (χ2v) is 8.43. The molecule has 0 aromatic heterocycles. The Hall–Kier alpha value is -2.54. The fourth-order valence-electron chi connectivity index (χ4n) is 2.71. The Balaban J connectivity index is 2.01. The number of hydrogen-bond acceptors (Lipinski definition) is 4. The van der Waals surface area contributed by atoms with Crippen LogP contribution in [0.3, 0.4) is 0 Å². The molecular formula is C20H24N2O4S. The molecule has 1 aliphatic carbocycles. The molecule has 0 saturated heterocycles. The molecule has 3 rings (SSSR count). The predicted octanol–water partition coefficient (Wildman–Crippen LogP) is 2.87. The standard InChI is InChI=1S/C20H24N2O4S/c1-3-26-19-7-5-4-6-18(19)22(14-20(23)21-16-10-11-16)27(24,25)17-12-8-15(2)9-13-17/h4-9,12-13,16H,3,10-11,14H2,1-2H3,(H,21,23). The normalized spacial score (nSPS) is 13.9. The highest BCUT2D eigenvalue weighted by Gasteiger charge is 2.31. The molecule has 0 atom stereocenters. The average Bonchev–Trinajstić information content (AvgIpc) is 3.45. The summed E-state index contributed by atoms with van der Waals surface area (Å²) in [7, 11) is -3.93. The lowest BCUT2D eigenvalue weighted by Gasteiger charge is -2.26. The van der Waals surface area contributed by atoms with E-state index in [-0.39, 0.29) is 23.4 Å². The molecule has 2 aromatic rings. The minimum Gasteiger partial charge on any atom is -0.492 e. The maximum atomic E-state index is 13.3. The van der Waals surface area contributed by atoms with Crippen molar-refractivity contribution < 1.29 is 17.9 Å². The minimum absolute atomic E-state index is 0.138. The summed E-state index contributed by atoms with van der Waals surface area (Å²) < 4.78 is 33.4. The van der Waals surface area contributed by atoms with Crippen LogP contribution in [0, 0.1) is 6.92 Å². The first-order valence-corrected chi connectivity index (χ1v) is 10.5. The molecule has 6 nitrogen and oxygen atoms in total. The number of nitrogens with zero attached hydrogens (tertiary/aromatic N) is 1. The number of para-hydroxylation sites is 2. The van der Waals surface area contributed by atoms with Crippen molar-refractivity contribution in [3.8, 4) is 5.75 Å². The van der Waals surface area contributed by atoms with Crippen molar-refractivity contribution in [1.82, 2.24) is 5.32 Å². The van der Waals surface area contributed by atoms with Crippen molar-refractivity contribution in [2.45, 2.75) is 37.6 Å². The van der Waals surface area contributed by atoms with Crippen LogP contribution in [0.2, 0.25) is 0 Å². The molecule has 2 aromatic carbocycles. The molecule has 1 saturated carbocycles. The van der Waals surface area contributed by atoms with E-state index in [0.29, 0.717) is 18.0 Å².